The van der Waals surface area contributed by atoms with Crippen LogP contribution in [-0.2, 0) is 14.3 Å². The molecule has 0 radical (unpaired) electrons. The first-order valence-corrected chi connectivity index (χ1v) is 11.6. The molecule has 3 aromatic rings. The molecule has 7 nitrogen and oxygen atoms in total. The van der Waals surface area contributed by atoms with Crippen LogP contribution in [0.4, 0.5) is 4.79 Å². The number of ether oxygens (including phenoxy) is 1. The Morgan fingerprint density at radius 3 is 2.03 bits per heavy atom. The van der Waals surface area contributed by atoms with Crippen molar-refractivity contribution in [2.24, 2.45) is 0 Å². The van der Waals surface area contributed by atoms with Crippen molar-refractivity contribution in [1.82, 2.24) is 10.6 Å². The van der Waals surface area contributed by atoms with Gasteiger partial charge >= 0.3 is 12.1 Å². The van der Waals surface area contributed by atoms with E-state index in [1.54, 1.807) is 0 Å². The summed E-state index contributed by atoms with van der Waals surface area (Å²) < 4.78 is 5.54. The average molecular weight is 473 g/mol. The molecular formula is C28H28N2O5. The summed E-state index contributed by atoms with van der Waals surface area (Å²) in [6.45, 7) is 1.93. The van der Waals surface area contributed by atoms with Crippen molar-refractivity contribution < 1.29 is 24.2 Å². The Labute approximate surface area is 204 Å². The quantitative estimate of drug-likeness (QED) is 0.421. The van der Waals surface area contributed by atoms with Gasteiger partial charge in [-0.15, -0.1) is 0 Å². The topological polar surface area (TPSA) is 105 Å². The number of aliphatic carboxylic acids is 1. The fourth-order valence-corrected chi connectivity index (χ4v) is 4.46. The van der Waals surface area contributed by atoms with Gasteiger partial charge in [0.05, 0.1) is 6.04 Å². The van der Waals surface area contributed by atoms with Crippen LogP contribution in [0.2, 0.25) is 0 Å². The molecule has 0 bridgehead atoms. The lowest BCUT2D eigenvalue weighted by Crippen LogP contribution is -2.47. The fourth-order valence-electron chi connectivity index (χ4n) is 4.46. The molecule has 0 aromatic heterocycles. The summed E-state index contributed by atoms with van der Waals surface area (Å²) in [6, 6.07) is 24.1. The highest BCUT2D eigenvalue weighted by atomic mass is 16.5. The highest BCUT2D eigenvalue weighted by molar-refractivity contribution is 5.86. The summed E-state index contributed by atoms with van der Waals surface area (Å²) in [5.41, 5.74) is 5.30. The van der Waals surface area contributed by atoms with E-state index in [4.69, 9.17) is 9.84 Å². The van der Waals surface area contributed by atoms with Gasteiger partial charge in [-0.05, 0) is 41.2 Å². The molecule has 0 saturated heterocycles. The normalized spacial score (nSPS) is 13.7. The Hall–Kier alpha value is -4.13. The Balaban J connectivity index is 1.41. The van der Waals surface area contributed by atoms with Crippen LogP contribution in [0.5, 0.6) is 0 Å². The van der Waals surface area contributed by atoms with Crippen LogP contribution in [0, 0.1) is 0 Å². The minimum Gasteiger partial charge on any atom is -0.481 e. The lowest BCUT2D eigenvalue weighted by Gasteiger charge is -2.22. The second-order valence-electron chi connectivity index (χ2n) is 8.60. The van der Waals surface area contributed by atoms with Crippen LogP contribution >= 0.6 is 0 Å². The number of alkyl carbamates (subject to hydrolysis) is 1. The van der Waals surface area contributed by atoms with E-state index in [0.717, 1.165) is 27.8 Å². The van der Waals surface area contributed by atoms with Crippen LogP contribution in [0.1, 0.15) is 48.4 Å². The van der Waals surface area contributed by atoms with Crippen molar-refractivity contribution >= 4 is 18.0 Å². The Bertz CT molecular complexity index is 1170. The molecule has 0 heterocycles. The summed E-state index contributed by atoms with van der Waals surface area (Å²) >= 11 is 0. The van der Waals surface area contributed by atoms with Crippen molar-refractivity contribution in [2.75, 3.05) is 6.61 Å². The first-order valence-electron chi connectivity index (χ1n) is 11.6. The van der Waals surface area contributed by atoms with Gasteiger partial charge in [0.2, 0.25) is 5.91 Å². The maximum Gasteiger partial charge on any atom is 0.407 e. The number of rotatable bonds is 9. The molecule has 0 fully saturated rings. The molecule has 7 heteroatoms. The van der Waals surface area contributed by atoms with E-state index < -0.39 is 24.0 Å². The van der Waals surface area contributed by atoms with Gasteiger partial charge in [-0.1, -0.05) is 78.9 Å². The lowest BCUT2D eigenvalue weighted by atomic mass is 9.98. The zero-order valence-corrected chi connectivity index (χ0v) is 19.4. The van der Waals surface area contributed by atoms with Crippen molar-refractivity contribution in [2.45, 2.75) is 37.8 Å². The summed E-state index contributed by atoms with van der Waals surface area (Å²) in [7, 11) is 0. The first kappa shape index (κ1) is 24.0. The number of hydrogen-bond acceptors (Lipinski definition) is 4. The van der Waals surface area contributed by atoms with E-state index >= 15 is 0 Å². The number of nitrogens with one attached hydrogen (secondary N) is 2. The van der Waals surface area contributed by atoms with Crippen LogP contribution in [0.15, 0.2) is 78.9 Å². The van der Waals surface area contributed by atoms with Gasteiger partial charge in [0.25, 0.3) is 0 Å². The van der Waals surface area contributed by atoms with Gasteiger partial charge in [0.1, 0.15) is 12.6 Å². The predicted molar refractivity (Wildman–Crippen MR) is 132 cm³/mol. The number of benzene rings is 3. The standard InChI is InChI=1S/C28H28N2O5/c1-18(19-9-3-2-4-10-19)29-27(33)25(15-16-26(31)32)30-28(34)35-17-24-22-13-7-5-11-20(22)21-12-6-8-14-23(21)24/h2-14,18,24-25H,15-17H2,1H3,(H,29,33)(H,30,34)(H,31,32). The summed E-state index contributed by atoms with van der Waals surface area (Å²) in [5.74, 6) is -1.62. The van der Waals surface area contributed by atoms with Crippen LogP contribution in [-0.4, -0.2) is 35.7 Å². The zero-order chi connectivity index (χ0) is 24.8. The SMILES string of the molecule is CC(NC(=O)C(CCC(=O)O)NC(=O)OCC1c2ccccc2-c2ccccc21)c1ccccc1. The largest absolute Gasteiger partial charge is 0.481 e. The van der Waals surface area contributed by atoms with Gasteiger partial charge < -0.3 is 20.5 Å². The molecule has 2 atom stereocenters. The molecule has 3 aromatic carbocycles. The molecule has 35 heavy (non-hydrogen) atoms. The van der Waals surface area contributed by atoms with E-state index in [9.17, 15) is 14.4 Å². The molecule has 0 saturated carbocycles. The number of fused-ring (bicyclic) bond motifs is 3. The summed E-state index contributed by atoms with van der Waals surface area (Å²) in [4.78, 5) is 36.7. The lowest BCUT2D eigenvalue weighted by molar-refractivity contribution is -0.137. The molecule has 3 N–H and O–H groups in total. The minimum atomic E-state index is -1.05. The van der Waals surface area contributed by atoms with Gasteiger partial charge in [-0.2, -0.15) is 0 Å². The molecule has 0 spiro atoms. The molecule has 180 valence electrons. The van der Waals surface area contributed by atoms with E-state index in [2.05, 4.69) is 22.8 Å². The van der Waals surface area contributed by atoms with Crippen molar-refractivity contribution in [1.29, 1.82) is 0 Å². The Kier molecular flexibility index (Phi) is 7.45. The number of amides is 2. The second kappa shape index (κ2) is 10.9. The molecular weight excluding hydrogens is 444 g/mol. The molecule has 1 aliphatic carbocycles. The zero-order valence-electron chi connectivity index (χ0n) is 19.4. The summed E-state index contributed by atoms with van der Waals surface area (Å²) in [5, 5.41) is 14.5. The molecule has 4 rings (SSSR count). The second-order valence-corrected chi connectivity index (χ2v) is 8.60. The Morgan fingerprint density at radius 2 is 1.43 bits per heavy atom. The van der Waals surface area contributed by atoms with E-state index in [-0.39, 0.29) is 31.4 Å². The van der Waals surface area contributed by atoms with Gasteiger partial charge in [-0.25, -0.2) is 4.79 Å². The predicted octanol–water partition coefficient (Wildman–Crippen LogP) is 4.64. The molecule has 2 unspecified atom stereocenters. The van der Waals surface area contributed by atoms with Gasteiger partial charge in [0.15, 0.2) is 0 Å². The van der Waals surface area contributed by atoms with Crippen LogP contribution < -0.4 is 10.6 Å². The van der Waals surface area contributed by atoms with Gasteiger partial charge in [-0.3, -0.25) is 9.59 Å². The average Bonchev–Trinajstić information content (AvgIpc) is 3.19. The van der Waals surface area contributed by atoms with Crippen LogP contribution in [0.3, 0.4) is 0 Å². The number of carbonyl (C=O) groups excluding carboxylic acids is 2. The van der Waals surface area contributed by atoms with E-state index in [0.29, 0.717) is 0 Å². The third-order valence-electron chi connectivity index (χ3n) is 6.26. The smallest absolute Gasteiger partial charge is 0.407 e. The van der Waals surface area contributed by atoms with E-state index in [1.807, 2.05) is 73.7 Å². The van der Waals surface area contributed by atoms with Crippen molar-refractivity contribution in [3.8, 4) is 11.1 Å². The molecule has 0 aliphatic heterocycles. The number of carboxylic acids is 1. The monoisotopic (exact) mass is 472 g/mol. The molecule has 2 amide bonds. The van der Waals surface area contributed by atoms with Crippen LogP contribution in [0.25, 0.3) is 11.1 Å². The maximum absolute atomic E-state index is 12.9. The third-order valence-corrected chi connectivity index (χ3v) is 6.26. The summed E-state index contributed by atoms with van der Waals surface area (Å²) in [6.07, 6.45) is -1.07. The third kappa shape index (κ3) is 5.69. The molecule has 1 aliphatic rings. The van der Waals surface area contributed by atoms with Crippen molar-refractivity contribution in [3.05, 3.63) is 95.6 Å². The number of carbonyl (C=O) groups is 3. The highest BCUT2D eigenvalue weighted by Crippen LogP contribution is 2.44. The maximum atomic E-state index is 12.9. The minimum absolute atomic E-state index is 0.0487. The number of carboxylic acid groups (broad SMARTS) is 1. The highest BCUT2D eigenvalue weighted by Gasteiger charge is 2.30. The number of hydrogen-bond donors (Lipinski definition) is 3. The van der Waals surface area contributed by atoms with E-state index in [1.165, 1.54) is 0 Å². The van der Waals surface area contributed by atoms with Crippen molar-refractivity contribution in [3.63, 3.8) is 0 Å². The van der Waals surface area contributed by atoms with Gasteiger partial charge in [0, 0.05) is 12.3 Å². The Morgan fingerprint density at radius 1 is 0.857 bits per heavy atom. The first-order chi connectivity index (χ1) is 16.9. The fraction of sp³-hybridized carbons (Fsp3) is 0.250.